The average molecular weight is 490 g/mol. The summed E-state index contributed by atoms with van der Waals surface area (Å²) in [4.78, 5) is 24.6. The molecule has 0 saturated heterocycles. The summed E-state index contributed by atoms with van der Waals surface area (Å²) in [7, 11) is 2.90. The van der Waals surface area contributed by atoms with Crippen molar-refractivity contribution in [2.24, 2.45) is 0 Å². The second-order valence-corrected chi connectivity index (χ2v) is 8.62. The van der Waals surface area contributed by atoms with Gasteiger partial charge < -0.3 is 24.8 Å². The molecule has 0 fully saturated rings. The summed E-state index contributed by atoms with van der Waals surface area (Å²) >= 11 is 0. The molecule has 0 aliphatic carbocycles. The molecule has 0 atom stereocenters. The van der Waals surface area contributed by atoms with Gasteiger partial charge in [-0.25, -0.2) is 0 Å². The van der Waals surface area contributed by atoms with Crippen molar-refractivity contribution in [3.05, 3.63) is 59.2 Å². The number of hydrogen-bond acceptors (Lipinski definition) is 5. The van der Waals surface area contributed by atoms with E-state index in [0.717, 1.165) is 17.7 Å². The number of carbonyl (C=O) groups excluding carboxylic acids is 2. The van der Waals surface area contributed by atoms with E-state index in [-0.39, 0.29) is 31.3 Å². The second-order valence-electron chi connectivity index (χ2n) is 8.62. The molecule has 2 aliphatic heterocycles. The second kappa shape index (κ2) is 9.71. The summed E-state index contributed by atoms with van der Waals surface area (Å²) in [6, 6.07) is 8.43. The number of hydrogen-bond donors (Lipinski definition) is 2. The lowest BCUT2D eigenvalue weighted by molar-refractivity contribution is -0.138. The molecule has 0 spiro atoms. The largest absolute Gasteiger partial charge is 0.481 e. The van der Waals surface area contributed by atoms with Crippen LogP contribution in [0.25, 0.3) is 5.57 Å². The van der Waals surface area contributed by atoms with Crippen LogP contribution in [0.3, 0.4) is 0 Å². The van der Waals surface area contributed by atoms with E-state index in [2.05, 4.69) is 10.6 Å². The van der Waals surface area contributed by atoms with Crippen LogP contribution < -0.4 is 15.4 Å². The maximum atomic E-state index is 13.3. The van der Waals surface area contributed by atoms with E-state index < -0.39 is 23.2 Å². The molecule has 2 aliphatic rings. The number of halogens is 3. The van der Waals surface area contributed by atoms with Gasteiger partial charge in [-0.1, -0.05) is 12.1 Å². The van der Waals surface area contributed by atoms with Crippen molar-refractivity contribution in [1.29, 1.82) is 0 Å². The minimum atomic E-state index is -4.55. The Morgan fingerprint density at radius 2 is 1.89 bits per heavy atom. The van der Waals surface area contributed by atoms with Crippen LogP contribution in [0.5, 0.6) is 5.75 Å². The van der Waals surface area contributed by atoms with Gasteiger partial charge in [-0.15, -0.1) is 0 Å². The molecule has 0 aromatic heterocycles. The van der Waals surface area contributed by atoms with Gasteiger partial charge in [0.05, 0.1) is 18.8 Å². The van der Waals surface area contributed by atoms with Gasteiger partial charge in [0.15, 0.2) is 5.60 Å². The highest BCUT2D eigenvalue weighted by atomic mass is 19.4. The number of alkyl halides is 3. The van der Waals surface area contributed by atoms with E-state index in [9.17, 15) is 22.8 Å². The van der Waals surface area contributed by atoms with Crippen molar-refractivity contribution in [3.63, 3.8) is 0 Å². The molecule has 35 heavy (non-hydrogen) atoms. The summed E-state index contributed by atoms with van der Waals surface area (Å²) < 4.78 is 56.5. The Labute approximate surface area is 200 Å². The van der Waals surface area contributed by atoms with Gasteiger partial charge in [0.25, 0.3) is 0 Å². The molecule has 10 heteroatoms. The van der Waals surface area contributed by atoms with Crippen LogP contribution in [0, 0.1) is 0 Å². The minimum Gasteiger partial charge on any atom is -0.481 e. The summed E-state index contributed by atoms with van der Waals surface area (Å²) in [5, 5.41) is 5.54. The van der Waals surface area contributed by atoms with Gasteiger partial charge in [-0.05, 0) is 41.8 Å². The smallest absolute Gasteiger partial charge is 0.416 e. The Morgan fingerprint density at radius 1 is 1.14 bits per heavy atom. The molecule has 2 aromatic carbocycles. The highest BCUT2D eigenvalue weighted by Crippen LogP contribution is 2.43. The molecule has 7 nitrogen and oxygen atoms in total. The summed E-state index contributed by atoms with van der Waals surface area (Å²) in [6.07, 6.45) is -2.00. The number of aryl methyl sites for hydroxylation is 1. The lowest BCUT2D eigenvalue weighted by Gasteiger charge is -2.39. The van der Waals surface area contributed by atoms with Crippen molar-refractivity contribution in [1.82, 2.24) is 0 Å². The van der Waals surface area contributed by atoms with Crippen LogP contribution in [0.2, 0.25) is 0 Å². The lowest BCUT2D eigenvalue weighted by atomic mass is 9.86. The van der Waals surface area contributed by atoms with Gasteiger partial charge in [0.1, 0.15) is 5.75 Å². The maximum absolute atomic E-state index is 13.3. The first-order valence-corrected chi connectivity index (χ1v) is 11.0. The monoisotopic (exact) mass is 490 g/mol. The van der Waals surface area contributed by atoms with E-state index in [0.29, 0.717) is 35.4 Å². The Morgan fingerprint density at radius 3 is 2.57 bits per heavy atom. The molecule has 2 heterocycles. The van der Waals surface area contributed by atoms with Crippen LogP contribution >= 0.6 is 0 Å². The number of fused-ring (bicyclic) bond motifs is 2. The Balaban J connectivity index is 1.66. The number of nitrogens with one attached hydrogen (secondary N) is 2. The number of ether oxygens (including phenoxy) is 3. The highest BCUT2D eigenvalue weighted by molar-refractivity contribution is 6.05. The lowest BCUT2D eigenvalue weighted by Crippen LogP contribution is -2.47. The third kappa shape index (κ3) is 5.49. The fraction of sp³-hybridized carbons (Fsp3) is 0.360. The predicted octanol–water partition coefficient (Wildman–Crippen LogP) is 4.43. The van der Waals surface area contributed by atoms with Crippen LogP contribution in [0.15, 0.2) is 42.5 Å². The van der Waals surface area contributed by atoms with Crippen LogP contribution in [-0.2, 0) is 31.7 Å². The maximum Gasteiger partial charge on any atom is 0.416 e. The van der Waals surface area contributed by atoms with Crippen LogP contribution in [0.1, 0.15) is 29.5 Å². The first kappa shape index (κ1) is 24.7. The summed E-state index contributed by atoms with van der Waals surface area (Å²) in [5.41, 5.74) is 0.995. The topological polar surface area (TPSA) is 85.9 Å². The number of anilines is 2. The quantitative estimate of drug-likeness (QED) is 0.586. The zero-order valence-corrected chi connectivity index (χ0v) is 19.3. The molecule has 186 valence electrons. The van der Waals surface area contributed by atoms with Gasteiger partial charge >= 0.3 is 6.18 Å². The highest BCUT2D eigenvalue weighted by Gasteiger charge is 2.41. The fourth-order valence-corrected chi connectivity index (χ4v) is 4.40. The van der Waals surface area contributed by atoms with Crippen molar-refractivity contribution in [3.8, 4) is 5.75 Å². The first-order chi connectivity index (χ1) is 16.6. The van der Waals surface area contributed by atoms with E-state index in [4.69, 9.17) is 14.2 Å². The fourth-order valence-electron chi connectivity index (χ4n) is 4.40. The average Bonchev–Trinajstić information content (AvgIpc) is 2.78. The van der Waals surface area contributed by atoms with Crippen LogP contribution in [0.4, 0.5) is 24.5 Å². The van der Waals surface area contributed by atoms with Crippen molar-refractivity contribution in [2.45, 2.75) is 31.0 Å². The standard InChI is InChI=1S/C25H25F3N2O5/c1-33-13-24(14-34-2)12-16(19-7-5-17(25(26,27)28)10-21(19)35-24)9-23(32)29-18-6-3-15-4-8-22(31)30-20(15)11-18/h3,5-7,9-11H,4,8,12-14H2,1-2H3,(H,29,32)(H,30,31). The normalized spacial score (nSPS) is 17.7. The Hall–Kier alpha value is -3.37. The molecule has 0 radical (unpaired) electrons. The Kier molecular flexibility index (Phi) is 6.86. The predicted molar refractivity (Wildman–Crippen MR) is 123 cm³/mol. The van der Waals surface area contributed by atoms with Crippen molar-refractivity contribution >= 4 is 28.8 Å². The number of benzene rings is 2. The van der Waals surface area contributed by atoms with E-state index in [1.54, 1.807) is 12.1 Å². The van der Waals surface area contributed by atoms with E-state index in [1.165, 1.54) is 26.4 Å². The molecular formula is C25H25F3N2O5. The number of amides is 2. The minimum absolute atomic E-state index is 0.00396. The first-order valence-electron chi connectivity index (χ1n) is 11.0. The zero-order valence-electron chi connectivity index (χ0n) is 19.3. The Bertz CT molecular complexity index is 1170. The summed E-state index contributed by atoms with van der Waals surface area (Å²) in [6.45, 7) is 0.0833. The van der Waals surface area contributed by atoms with Crippen molar-refractivity contribution in [2.75, 3.05) is 38.1 Å². The molecule has 0 bridgehead atoms. The van der Waals surface area contributed by atoms with E-state index >= 15 is 0 Å². The molecule has 0 unspecified atom stereocenters. The van der Waals surface area contributed by atoms with Gasteiger partial charge in [0, 0.05) is 50.1 Å². The molecule has 4 rings (SSSR count). The number of rotatable bonds is 6. The molecular weight excluding hydrogens is 465 g/mol. The van der Waals surface area contributed by atoms with Crippen LogP contribution in [-0.4, -0.2) is 44.8 Å². The van der Waals surface area contributed by atoms with Gasteiger partial charge in [0.2, 0.25) is 11.8 Å². The van der Waals surface area contributed by atoms with Crippen molar-refractivity contribution < 1.29 is 37.0 Å². The number of carbonyl (C=O) groups is 2. The van der Waals surface area contributed by atoms with Gasteiger partial charge in [-0.3, -0.25) is 9.59 Å². The summed E-state index contributed by atoms with van der Waals surface area (Å²) in [5.74, 6) is -0.568. The SMILES string of the molecule is COCC1(COC)CC(=CC(=O)Nc2ccc3c(c2)NC(=O)CC3)c2ccc(C(F)(F)F)cc2O1. The third-order valence-corrected chi connectivity index (χ3v) is 5.89. The molecule has 0 saturated carbocycles. The molecule has 2 aromatic rings. The molecule has 2 N–H and O–H groups in total. The zero-order chi connectivity index (χ0) is 25.2. The van der Waals surface area contributed by atoms with E-state index in [1.807, 2.05) is 6.07 Å². The number of methoxy groups -OCH3 is 2. The van der Waals surface area contributed by atoms with Gasteiger partial charge in [-0.2, -0.15) is 13.2 Å². The third-order valence-electron chi connectivity index (χ3n) is 5.89. The molecule has 2 amide bonds.